The van der Waals surface area contributed by atoms with Gasteiger partial charge < -0.3 is 20.1 Å². The quantitative estimate of drug-likeness (QED) is 0.617. The third-order valence-electron chi connectivity index (χ3n) is 4.84. The molecule has 0 spiro atoms. The van der Waals surface area contributed by atoms with Gasteiger partial charge in [-0.1, -0.05) is 32.8 Å². The van der Waals surface area contributed by atoms with Crippen molar-refractivity contribution in [2.45, 2.75) is 58.9 Å². The maximum absolute atomic E-state index is 12.0. The molecule has 0 atom stereocenters. The van der Waals surface area contributed by atoms with Crippen molar-refractivity contribution < 1.29 is 14.3 Å². The topological polar surface area (TPSA) is 59.6 Å². The lowest BCUT2D eigenvalue weighted by Gasteiger charge is -2.14. The Morgan fingerprint density at radius 1 is 1.26 bits per heavy atom. The first kappa shape index (κ1) is 21.5. The van der Waals surface area contributed by atoms with E-state index in [0.29, 0.717) is 42.3 Å². The summed E-state index contributed by atoms with van der Waals surface area (Å²) in [4.78, 5) is 12.0. The van der Waals surface area contributed by atoms with E-state index in [1.54, 1.807) is 7.11 Å². The van der Waals surface area contributed by atoms with Crippen molar-refractivity contribution in [3.63, 3.8) is 0 Å². The number of carbonyl (C=O) groups is 1. The lowest BCUT2D eigenvalue weighted by molar-refractivity contribution is -0.120. The van der Waals surface area contributed by atoms with E-state index in [0.717, 1.165) is 30.6 Å². The third kappa shape index (κ3) is 7.75. The molecule has 0 aliphatic heterocycles. The molecule has 0 unspecified atom stereocenters. The van der Waals surface area contributed by atoms with Crippen molar-refractivity contribution >= 4 is 23.2 Å². The fourth-order valence-corrected chi connectivity index (χ4v) is 3.41. The fraction of sp³-hybridized carbons (Fsp3) is 0.619. The Bertz CT molecular complexity index is 628. The van der Waals surface area contributed by atoms with Crippen molar-refractivity contribution in [1.29, 1.82) is 0 Å². The van der Waals surface area contributed by atoms with Crippen LogP contribution in [0.15, 0.2) is 18.2 Å². The normalized spacial score (nSPS) is 14.2. The average Bonchev–Trinajstić information content (AvgIpc) is 3.13. The molecule has 5 nitrogen and oxygen atoms in total. The van der Waals surface area contributed by atoms with Gasteiger partial charge in [-0.05, 0) is 61.0 Å². The molecule has 0 radical (unpaired) electrons. The second kappa shape index (κ2) is 11.1. The Morgan fingerprint density at radius 3 is 2.67 bits per heavy atom. The molecule has 27 heavy (non-hydrogen) atoms. The number of hydrogen-bond donors (Lipinski definition) is 2. The number of hydrogen-bond acceptors (Lipinski definition) is 4. The molecule has 1 amide bonds. The molecule has 1 aromatic rings. The Balaban J connectivity index is 1.78. The molecule has 1 saturated carbocycles. The minimum Gasteiger partial charge on any atom is -0.493 e. The number of methoxy groups -OCH3 is 1. The summed E-state index contributed by atoms with van der Waals surface area (Å²) in [6, 6.07) is 5.82. The van der Waals surface area contributed by atoms with E-state index in [2.05, 4.69) is 24.5 Å². The first-order chi connectivity index (χ1) is 13.0. The van der Waals surface area contributed by atoms with Gasteiger partial charge in [-0.3, -0.25) is 4.79 Å². The molecule has 150 valence electrons. The van der Waals surface area contributed by atoms with Crippen LogP contribution in [0.25, 0.3) is 0 Å². The van der Waals surface area contributed by atoms with E-state index >= 15 is 0 Å². The van der Waals surface area contributed by atoms with E-state index in [4.69, 9.17) is 21.7 Å². The van der Waals surface area contributed by atoms with Gasteiger partial charge in [-0.25, -0.2) is 0 Å². The van der Waals surface area contributed by atoms with Gasteiger partial charge in [0.25, 0.3) is 0 Å². The van der Waals surface area contributed by atoms with Gasteiger partial charge in [0.15, 0.2) is 16.6 Å². The van der Waals surface area contributed by atoms with Gasteiger partial charge in [-0.2, -0.15) is 0 Å². The van der Waals surface area contributed by atoms with E-state index < -0.39 is 0 Å². The predicted molar refractivity (Wildman–Crippen MR) is 112 cm³/mol. The summed E-state index contributed by atoms with van der Waals surface area (Å²) in [5.41, 5.74) is 1.01. The minimum absolute atomic E-state index is 0.00545. The van der Waals surface area contributed by atoms with Gasteiger partial charge in [0.1, 0.15) is 0 Å². The number of benzene rings is 1. The highest BCUT2D eigenvalue weighted by Crippen LogP contribution is 2.29. The molecule has 1 aromatic carbocycles. The Labute approximate surface area is 168 Å². The molecule has 1 fully saturated rings. The molecule has 6 heteroatoms. The molecule has 0 aromatic heterocycles. The number of nitrogens with one attached hydrogen (secondary N) is 2. The fourth-order valence-electron chi connectivity index (χ4n) is 3.23. The molecule has 2 rings (SSSR count). The molecule has 2 N–H and O–H groups in total. The van der Waals surface area contributed by atoms with Crippen molar-refractivity contribution in [3.8, 4) is 11.5 Å². The molecule has 0 bridgehead atoms. The van der Waals surface area contributed by atoms with Crippen molar-refractivity contribution in [2.75, 3.05) is 13.7 Å². The highest BCUT2D eigenvalue weighted by Gasteiger charge is 2.18. The Kier molecular flexibility index (Phi) is 8.85. The second-order valence-corrected chi connectivity index (χ2v) is 8.01. The summed E-state index contributed by atoms with van der Waals surface area (Å²) in [7, 11) is 1.63. The monoisotopic (exact) mass is 392 g/mol. The van der Waals surface area contributed by atoms with Crippen molar-refractivity contribution in [2.24, 2.45) is 11.8 Å². The summed E-state index contributed by atoms with van der Waals surface area (Å²) in [5, 5.41) is 6.24. The van der Waals surface area contributed by atoms with Crippen LogP contribution in [0.2, 0.25) is 0 Å². The summed E-state index contributed by atoms with van der Waals surface area (Å²) in [5.74, 6) is 2.57. The van der Waals surface area contributed by atoms with Crippen LogP contribution in [0.4, 0.5) is 0 Å². The first-order valence-corrected chi connectivity index (χ1v) is 10.3. The van der Waals surface area contributed by atoms with Crippen LogP contribution in [-0.4, -0.2) is 24.7 Å². The summed E-state index contributed by atoms with van der Waals surface area (Å²) in [6.07, 6.45) is 6.34. The number of carbonyl (C=O) groups excluding carboxylic acids is 1. The lowest BCUT2D eigenvalue weighted by Crippen LogP contribution is -2.39. The third-order valence-corrected chi connectivity index (χ3v) is 5.08. The molecule has 1 aliphatic rings. The molecular weight excluding hydrogens is 360 g/mol. The lowest BCUT2D eigenvalue weighted by atomic mass is 10.0. The predicted octanol–water partition coefficient (Wildman–Crippen LogP) is 4.19. The standard InChI is InChI=1S/C21H32N2O3S/c1-15(2)10-11-26-18-9-8-17(12-19(18)25-3)14-22-21(27)23-20(24)13-16-6-4-5-7-16/h8-9,12,15-16H,4-7,10-11,13-14H2,1-3H3,(H2,22,23,24,27). The molecule has 0 saturated heterocycles. The van der Waals surface area contributed by atoms with Crippen LogP contribution >= 0.6 is 12.2 Å². The van der Waals surface area contributed by atoms with Gasteiger partial charge in [0.2, 0.25) is 5.91 Å². The zero-order valence-electron chi connectivity index (χ0n) is 16.7. The van der Waals surface area contributed by atoms with Crippen LogP contribution in [0, 0.1) is 11.8 Å². The summed E-state index contributed by atoms with van der Waals surface area (Å²) in [6.45, 7) is 5.53. The first-order valence-electron chi connectivity index (χ1n) is 9.85. The van der Waals surface area contributed by atoms with Crippen LogP contribution < -0.4 is 20.1 Å². The maximum atomic E-state index is 12.0. The van der Waals surface area contributed by atoms with Crippen LogP contribution in [0.3, 0.4) is 0 Å². The minimum atomic E-state index is 0.00545. The van der Waals surface area contributed by atoms with E-state index in [1.807, 2.05) is 18.2 Å². The molecule has 0 heterocycles. The Hall–Kier alpha value is -1.82. The zero-order valence-corrected chi connectivity index (χ0v) is 17.5. The van der Waals surface area contributed by atoms with Crippen LogP contribution in [-0.2, 0) is 11.3 Å². The number of thiocarbonyl (C=S) groups is 1. The van der Waals surface area contributed by atoms with Gasteiger partial charge in [-0.15, -0.1) is 0 Å². The van der Waals surface area contributed by atoms with Crippen molar-refractivity contribution in [1.82, 2.24) is 10.6 Å². The highest BCUT2D eigenvalue weighted by atomic mass is 32.1. The number of rotatable bonds is 9. The van der Waals surface area contributed by atoms with Crippen LogP contribution in [0.1, 0.15) is 57.9 Å². The van der Waals surface area contributed by atoms with Gasteiger partial charge >= 0.3 is 0 Å². The average molecular weight is 393 g/mol. The highest BCUT2D eigenvalue weighted by molar-refractivity contribution is 7.80. The van der Waals surface area contributed by atoms with E-state index in [9.17, 15) is 4.79 Å². The number of ether oxygens (including phenoxy) is 2. The van der Waals surface area contributed by atoms with Gasteiger partial charge in [0, 0.05) is 13.0 Å². The van der Waals surface area contributed by atoms with Crippen LogP contribution in [0.5, 0.6) is 11.5 Å². The van der Waals surface area contributed by atoms with Crippen molar-refractivity contribution in [3.05, 3.63) is 23.8 Å². The SMILES string of the molecule is COc1cc(CNC(=S)NC(=O)CC2CCCC2)ccc1OCCC(C)C. The summed E-state index contributed by atoms with van der Waals surface area (Å²) < 4.78 is 11.2. The molecular formula is C21H32N2O3S. The Morgan fingerprint density at radius 2 is 2.00 bits per heavy atom. The molecule has 1 aliphatic carbocycles. The second-order valence-electron chi connectivity index (χ2n) is 7.60. The van der Waals surface area contributed by atoms with E-state index in [-0.39, 0.29) is 5.91 Å². The number of amides is 1. The smallest absolute Gasteiger partial charge is 0.226 e. The van der Waals surface area contributed by atoms with Gasteiger partial charge in [0.05, 0.1) is 13.7 Å². The van der Waals surface area contributed by atoms with E-state index in [1.165, 1.54) is 12.8 Å². The summed E-state index contributed by atoms with van der Waals surface area (Å²) >= 11 is 5.24. The largest absolute Gasteiger partial charge is 0.493 e. The zero-order chi connectivity index (χ0) is 19.6. The maximum Gasteiger partial charge on any atom is 0.226 e.